The minimum atomic E-state index is 0. The average Bonchev–Trinajstić information content (AvgIpc) is 2.38. The number of nitrogens with zero attached hydrogens (tertiary/aromatic N) is 1. The van der Waals surface area contributed by atoms with E-state index < -0.39 is 0 Å². The zero-order valence-electron chi connectivity index (χ0n) is 8.62. The van der Waals surface area contributed by atoms with Gasteiger partial charge in [-0.2, -0.15) is 12.6 Å². The molecule has 1 heterocycles. The zero-order valence-corrected chi connectivity index (χ0v) is 10.6. The molecule has 1 aliphatic heterocycles. The van der Waals surface area contributed by atoms with Crippen molar-refractivity contribution < 1.29 is 35.8 Å². The van der Waals surface area contributed by atoms with Gasteiger partial charge in [-0.3, -0.25) is 4.90 Å². The van der Waals surface area contributed by atoms with Crippen LogP contribution in [0.4, 0.5) is 0 Å². The van der Waals surface area contributed by atoms with E-state index in [0.717, 1.165) is 38.6 Å². The first-order valence-electron chi connectivity index (χ1n) is 3.95. The molecule has 7 heteroatoms. The molecule has 5 nitrogen and oxygen atoms in total. The van der Waals surface area contributed by atoms with Crippen molar-refractivity contribution in [2.45, 2.75) is 0 Å². The van der Waals surface area contributed by atoms with Gasteiger partial charge in [-0.15, -0.1) is 0 Å². The van der Waals surface area contributed by atoms with Crippen LogP contribution in [-0.4, -0.2) is 43.5 Å². The fraction of sp³-hybridized carbons (Fsp3) is 0.667. The van der Waals surface area contributed by atoms with Gasteiger partial charge in [0, 0.05) is 25.4 Å². The Labute approximate surface area is 112 Å². The van der Waals surface area contributed by atoms with E-state index in [4.69, 9.17) is 18.7 Å². The maximum Gasteiger partial charge on any atom is 3.00 e. The molecule has 0 unspecified atom stereocenters. The van der Waals surface area contributed by atoms with Crippen LogP contribution in [-0.2, 0) is 35.8 Å². The third-order valence-electron chi connectivity index (χ3n) is 1.52. The number of rotatable bonds is 2. The quantitative estimate of drug-likeness (QED) is 0.339. The van der Waals surface area contributed by atoms with Crippen LogP contribution in [0.3, 0.4) is 0 Å². The predicted octanol–water partition coefficient (Wildman–Crippen LogP) is 0.133. The molecule has 1 saturated heterocycles. The fourth-order valence-electron chi connectivity index (χ4n) is 0.966. The van der Waals surface area contributed by atoms with Gasteiger partial charge in [0.1, 0.15) is 0 Å². The summed E-state index contributed by atoms with van der Waals surface area (Å²) in [5.74, 6) is 0.958. The Morgan fingerprint density at radius 2 is 1.38 bits per heavy atom. The second-order valence-corrected chi connectivity index (χ2v) is 2.62. The molecule has 0 spiro atoms. The first-order chi connectivity index (χ1) is 7.43. The van der Waals surface area contributed by atoms with E-state index >= 15 is 0 Å². The first-order valence-corrected chi connectivity index (χ1v) is 4.59. The molecular weight excluding hydrogens is 274 g/mol. The number of hydrogen-bond donors (Lipinski definition) is 1. The van der Waals surface area contributed by atoms with Crippen LogP contribution < -0.4 is 0 Å². The second-order valence-electron chi connectivity index (χ2n) is 2.18. The van der Waals surface area contributed by atoms with Gasteiger partial charge in [-0.1, -0.05) is 0 Å². The topological polar surface area (TPSA) is 72.2 Å². The van der Waals surface area contributed by atoms with E-state index in [1.807, 2.05) is 0 Å². The maximum absolute atomic E-state index is 7.50. The van der Waals surface area contributed by atoms with E-state index in [-0.39, 0.29) is 17.1 Å². The van der Waals surface area contributed by atoms with Crippen molar-refractivity contribution in [3.05, 3.63) is 20.0 Å². The Bertz CT molecular complexity index is 152. The van der Waals surface area contributed by atoms with Crippen molar-refractivity contribution >= 4 is 12.6 Å². The van der Waals surface area contributed by atoms with Crippen LogP contribution in [0.15, 0.2) is 0 Å². The molecule has 1 aliphatic rings. The maximum atomic E-state index is 7.50. The normalized spacial score (nSPS) is 12.9. The van der Waals surface area contributed by atoms with E-state index in [0.29, 0.717) is 0 Å². The zero-order chi connectivity index (χ0) is 12.5. The van der Waals surface area contributed by atoms with Gasteiger partial charge in [-0.25, -0.2) is 0 Å². The van der Waals surface area contributed by atoms with Crippen LogP contribution in [0.1, 0.15) is 0 Å². The smallest absolute Gasteiger partial charge is 3.00 e. The van der Waals surface area contributed by atoms with Gasteiger partial charge < -0.3 is 4.74 Å². The largest absolute Gasteiger partial charge is 3.00 e. The van der Waals surface area contributed by atoms with Crippen molar-refractivity contribution in [1.29, 1.82) is 0 Å². The molecular formula is C9H13FeNO4S+3. The minimum absolute atomic E-state index is 0. The van der Waals surface area contributed by atoms with Gasteiger partial charge in [0.25, 0.3) is 0 Å². The Morgan fingerprint density at radius 3 is 1.69 bits per heavy atom. The molecule has 1 rings (SSSR count). The van der Waals surface area contributed by atoms with Gasteiger partial charge >= 0.3 is 51.0 Å². The summed E-state index contributed by atoms with van der Waals surface area (Å²) < 4.78 is 27.7. The molecule has 16 heavy (non-hydrogen) atoms. The van der Waals surface area contributed by atoms with Crippen molar-refractivity contribution in [2.75, 3.05) is 38.6 Å². The predicted molar refractivity (Wildman–Crippen MR) is 52.9 cm³/mol. The minimum Gasteiger partial charge on any atom is 3.00 e. The molecule has 0 saturated carbocycles. The summed E-state index contributed by atoms with van der Waals surface area (Å²) in [7, 11) is 0. The van der Waals surface area contributed by atoms with E-state index in [2.05, 4.69) is 37.5 Å². The molecule has 0 amide bonds. The van der Waals surface area contributed by atoms with E-state index in [9.17, 15) is 0 Å². The molecule has 0 aliphatic carbocycles. The molecule has 0 N–H and O–H groups in total. The summed E-state index contributed by atoms with van der Waals surface area (Å²) >= 11 is 4.15. The molecule has 0 aromatic rings. The number of hydrogen-bond acceptors (Lipinski definition) is 3. The SMILES string of the molecule is SCCN1CCOCC1.[C-]#[O+].[C-]#[O+].[C-]#[O+].[Fe+3]. The van der Waals surface area contributed by atoms with Gasteiger partial charge in [0.2, 0.25) is 0 Å². The second kappa shape index (κ2) is 29.4. The molecule has 1 radical (unpaired) electrons. The van der Waals surface area contributed by atoms with Crippen LogP contribution in [0, 0.1) is 20.0 Å². The Morgan fingerprint density at radius 1 is 1.00 bits per heavy atom. The first kappa shape index (κ1) is 25.0. The molecule has 0 aromatic carbocycles. The van der Waals surface area contributed by atoms with Crippen molar-refractivity contribution in [3.8, 4) is 0 Å². The number of thiol groups is 1. The summed E-state index contributed by atoms with van der Waals surface area (Å²) in [5, 5.41) is 0. The number of morpholine rings is 1. The standard InChI is InChI=1S/C6H13NOS.3CO.Fe/c9-6-3-7-1-4-8-5-2-7;3*1-2;/h9H,1-6H2;;;;/q;;;;+3. The molecule has 0 atom stereocenters. The van der Waals surface area contributed by atoms with Gasteiger partial charge in [-0.05, 0) is 0 Å². The van der Waals surface area contributed by atoms with Gasteiger partial charge in [0.15, 0.2) is 0 Å². The Hall–Kier alpha value is 0.00948. The summed E-state index contributed by atoms with van der Waals surface area (Å²) in [5.41, 5.74) is 0. The van der Waals surface area contributed by atoms with Crippen molar-refractivity contribution in [3.63, 3.8) is 0 Å². The summed E-state index contributed by atoms with van der Waals surface area (Å²) in [6.07, 6.45) is 0. The average molecular weight is 287 g/mol. The fourth-order valence-corrected chi connectivity index (χ4v) is 1.25. The third-order valence-corrected chi connectivity index (χ3v) is 1.72. The van der Waals surface area contributed by atoms with Crippen molar-refractivity contribution in [1.82, 2.24) is 4.90 Å². The molecule has 0 bridgehead atoms. The molecule has 1 fully saturated rings. The van der Waals surface area contributed by atoms with Crippen LogP contribution in [0.5, 0.6) is 0 Å². The van der Waals surface area contributed by atoms with Crippen LogP contribution in [0.25, 0.3) is 0 Å². The van der Waals surface area contributed by atoms with Crippen molar-refractivity contribution in [2.24, 2.45) is 0 Å². The number of ether oxygens (including phenoxy) is 1. The van der Waals surface area contributed by atoms with Crippen LogP contribution >= 0.6 is 12.6 Å². The Kier molecular flexibility index (Phi) is 46.0. The Balaban J connectivity index is -0.0000000900. The molecule has 89 valence electrons. The van der Waals surface area contributed by atoms with Crippen LogP contribution in [0.2, 0.25) is 0 Å². The monoisotopic (exact) mass is 287 g/mol. The summed E-state index contributed by atoms with van der Waals surface area (Å²) in [4.78, 5) is 2.37. The summed E-state index contributed by atoms with van der Waals surface area (Å²) in [6, 6.07) is 0. The summed E-state index contributed by atoms with van der Waals surface area (Å²) in [6.45, 7) is 18.6. The van der Waals surface area contributed by atoms with E-state index in [1.165, 1.54) is 0 Å². The third kappa shape index (κ3) is 19.6. The van der Waals surface area contributed by atoms with E-state index in [1.54, 1.807) is 0 Å². The van der Waals surface area contributed by atoms with Gasteiger partial charge in [0.05, 0.1) is 13.2 Å². The molecule has 0 aromatic heterocycles.